The summed E-state index contributed by atoms with van der Waals surface area (Å²) in [6.45, 7) is 7.02. The molecular weight excluding hydrogens is 280 g/mol. The van der Waals surface area contributed by atoms with Gasteiger partial charge >= 0.3 is 0 Å². The molecule has 2 aliphatic rings. The van der Waals surface area contributed by atoms with Crippen molar-refractivity contribution in [3.63, 3.8) is 0 Å². The summed E-state index contributed by atoms with van der Waals surface area (Å²) in [5, 5.41) is 8.83. The van der Waals surface area contributed by atoms with Crippen molar-refractivity contribution >= 4 is 17.2 Å². The summed E-state index contributed by atoms with van der Waals surface area (Å²) in [5.74, 6) is 0.818. The Kier molecular flexibility index (Phi) is 4.10. The first kappa shape index (κ1) is 15.0. The molecule has 1 aliphatic carbocycles. The number of fused-ring (bicyclic) bond motifs is 1. The highest BCUT2D eigenvalue weighted by molar-refractivity contribution is 7.10. The number of rotatable bonds is 4. The second kappa shape index (κ2) is 5.73. The van der Waals surface area contributed by atoms with E-state index in [1.807, 2.05) is 0 Å². The molecule has 1 aromatic rings. The minimum Gasteiger partial charge on any atom is -0.355 e. The molecule has 116 valence electrons. The van der Waals surface area contributed by atoms with Gasteiger partial charge in [-0.25, -0.2) is 0 Å². The van der Waals surface area contributed by atoms with Crippen LogP contribution in [-0.2, 0) is 10.2 Å². The highest BCUT2D eigenvalue weighted by Crippen LogP contribution is 2.44. The Morgan fingerprint density at radius 1 is 1.52 bits per heavy atom. The molecule has 3 rings (SSSR count). The van der Waals surface area contributed by atoms with Crippen LogP contribution < -0.4 is 10.6 Å². The zero-order valence-corrected chi connectivity index (χ0v) is 13.9. The molecule has 0 bridgehead atoms. The summed E-state index contributed by atoms with van der Waals surface area (Å²) < 4.78 is 0. The topological polar surface area (TPSA) is 41.1 Å². The standard InChI is InChI=1S/C17H26N2OS/c1-16(2,14-7-5-9-21-14)11-19-15(20)17-8-4-3-6-13(17)10-18-12-17/h5,7,9,13,18H,3-4,6,8,10-12H2,1-2H3,(H,19,20)/t13-,17+/m0/s1. The molecule has 0 unspecified atom stereocenters. The van der Waals surface area contributed by atoms with Crippen LogP contribution in [0.5, 0.6) is 0 Å². The molecular formula is C17H26N2OS. The Balaban J connectivity index is 1.66. The SMILES string of the molecule is CC(C)(CNC(=O)[C@@]12CCCC[C@H]1CNC2)c1cccs1. The predicted octanol–water partition coefficient (Wildman–Crippen LogP) is 2.92. The smallest absolute Gasteiger partial charge is 0.227 e. The molecule has 0 radical (unpaired) electrons. The molecule has 1 saturated carbocycles. The normalized spacial score (nSPS) is 29.1. The van der Waals surface area contributed by atoms with Crippen LogP contribution in [0.15, 0.2) is 17.5 Å². The van der Waals surface area contributed by atoms with Crippen LogP contribution in [0.1, 0.15) is 44.4 Å². The summed E-state index contributed by atoms with van der Waals surface area (Å²) >= 11 is 1.77. The van der Waals surface area contributed by atoms with E-state index in [0.29, 0.717) is 5.92 Å². The number of nitrogens with one attached hydrogen (secondary N) is 2. The minimum atomic E-state index is -0.135. The molecule has 2 N–H and O–H groups in total. The summed E-state index contributed by atoms with van der Waals surface area (Å²) in [4.78, 5) is 14.2. The van der Waals surface area contributed by atoms with Crippen LogP contribution in [0.2, 0.25) is 0 Å². The first-order chi connectivity index (χ1) is 10.0. The second-order valence-corrected chi connectivity index (χ2v) is 8.22. The van der Waals surface area contributed by atoms with Gasteiger partial charge in [-0.2, -0.15) is 0 Å². The summed E-state index contributed by atoms with van der Waals surface area (Å²) in [7, 11) is 0. The Morgan fingerprint density at radius 3 is 3.14 bits per heavy atom. The highest BCUT2D eigenvalue weighted by Gasteiger charge is 2.49. The van der Waals surface area contributed by atoms with E-state index in [-0.39, 0.29) is 16.7 Å². The lowest BCUT2D eigenvalue weighted by molar-refractivity contribution is -0.134. The summed E-state index contributed by atoms with van der Waals surface area (Å²) in [6.07, 6.45) is 4.73. The van der Waals surface area contributed by atoms with Crippen LogP contribution in [0.4, 0.5) is 0 Å². The van der Waals surface area contributed by atoms with Crippen LogP contribution in [0.3, 0.4) is 0 Å². The van der Waals surface area contributed by atoms with Gasteiger partial charge < -0.3 is 10.6 Å². The Labute approximate surface area is 131 Å². The average molecular weight is 306 g/mol. The van der Waals surface area contributed by atoms with Crippen molar-refractivity contribution in [1.82, 2.24) is 10.6 Å². The first-order valence-corrected chi connectivity index (χ1v) is 8.96. The van der Waals surface area contributed by atoms with Crippen LogP contribution in [0, 0.1) is 11.3 Å². The fraction of sp³-hybridized carbons (Fsp3) is 0.706. The number of hydrogen-bond acceptors (Lipinski definition) is 3. The van der Waals surface area contributed by atoms with Gasteiger partial charge in [-0.1, -0.05) is 32.8 Å². The van der Waals surface area contributed by atoms with Crippen molar-refractivity contribution in [2.75, 3.05) is 19.6 Å². The van der Waals surface area contributed by atoms with Crippen molar-refractivity contribution in [3.05, 3.63) is 22.4 Å². The lowest BCUT2D eigenvalue weighted by Gasteiger charge is -2.38. The summed E-state index contributed by atoms with van der Waals surface area (Å²) in [6, 6.07) is 4.25. The molecule has 1 saturated heterocycles. The number of carbonyl (C=O) groups excluding carboxylic acids is 1. The zero-order valence-electron chi connectivity index (χ0n) is 13.1. The van der Waals surface area contributed by atoms with Gasteiger partial charge in [-0.3, -0.25) is 4.79 Å². The maximum absolute atomic E-state index is 12.9. The Bertz CT molecular complexity index is 497. The quantitative estimate of drug-likeness (QED) is 0.898. The third-order valence-corrected chi connectivity index (χ3v) is 6.61. The van der Waals surface area contributed by atoms with Crippen LogP contribution in [0.25, 0.3) is 0 Å². The van der Waals surface area contributed by atoms with Crippen molar-refractivity contribution in [2.45, 2.75) is 44.9 Å². The molecule has 3 nitrogen and oxygen atoms in total. The third-order valence-electron chi connectivity index (χ3n) is 5.37. The number of thiophene rings is 1. The van der Waals surface area contributed by atoms with Crippen molar-refractivity contribution in [2.24, 2.45) is 11.3 Å². The van der Waals surface area contributed by atoms with E-state index < -0.39 is 0 Å². The molecule has 4 heteroatoms. The fourth-order valence-electron chi connectivity index (χ4n) is 3.92. The first-order valence-electron chi connectivity index (χ1n) is 8.08. The van der Waals surface area contributed by atoms with E-state index in [2.05, 4.69) is 42.0 Å². The maximum atomic E-state index is 12.9. The molecule has 2 fully saturated rings. The van der Waals surface area contributed by atoms with Gasteiger partial charge in [0.05, 0.1) is 5.41 Å². The van der Waals surface area contributed by atoms with E-state index in [4.69, 9.17) is 0 Å². The van der Waals surface area contributed by atoms with Crippen molar-refractivity contribution in [1.29, 1.82) is 0 Å². The van der Waals surface area contributed by atoms with Gasteiger partial charge in [0, 0.05) is 23.4 Å². The maximum Gasteiger partial charge on any atom is 0.227 e. The highest BCUT2D eigenvalue weighted by atomic mass is 32.1. The molecule has 1 aliphatic heterocycles. The lowest BCUT2D eigenvalue weighted by Crippen LogP contribution is -2.50. The van der Waals surface area contributed by atoms with Gasteiger partial charge in [0.2, 0.25) is 5.91 Å². The molecule has 0 spiro atoms. The number of hydrogen-bond donors (Lipinski definition) is 2. The number of carbonyl (C=O) groups is 1. The zero-order chi connectivity index (χ0) is 14.9. The molecule has 2 atom stereocenters. The summed E-state index contributed by atoms with van der Waals surface area (Å²) in [5.41, 5.74) is -0.125. The van der Waals surface area contributed by atoms with E-state index in [0.717, 1.165) is 26.1 Å². The van der Waals surface area contributed by atoms with Crippen molar-refractivity contribution in [3.8, 4) is 0 Å². The van der Waals surface area contributed by atoms with Gasteiger partial charge in [0.25, 0.3) is 0 Å². The van der Waals surface area contributed by atoms with E-state index in [9.17, 15) is 4.79 Å². The fourth-order valence-corrected chi connectivity index (χ4v) is 4.77. The molecule has 2 heterocycles. The van der Waals surface area contributed by atoms with Crippen LogP contribution >= 0.6 is 11.3 Å². The van der Waals surface area contributed by atoms with E-state index in [1.54, 1.807) is 11.3 Å². The Morgan fingerprint density at radius 2 is 2.38 bits per heavy atom. The average Bonchev–Trinajstić information content (AvgIpc) is 3.14. The van der Waals surface area contributed by atoms with Gasteiger partial charge in [-0.15, -0.1) is 11.3 Å². The molecule has 21 heavy (non-hydrogen) atoms. The molecule has 1 aromatic heterocycles. The van der Waals surface area contributed by atoms with Gasteiger partial charge in [0.1, 0.15) is 0 Å². The largest absolute Gasteiger partial charge is 0.355 e. The van der Waals surface area contributed by atoms with Gasteiger partial charge in [-0.05, 0) is 36.8 Å². The molecule has 0 aromatic carbocycles. The lowest BCUT2D eigenvalue weighted by atomic mass is 9.67. The van der Waals surface area contributed by atoms with E-state index >= 15 is 0 Å². The minimum absolute atomic E-state index is 0.0106. The third kappa shape index (κ3) is 2.76. The van der Waals surface area contributed by atoms with Crippen molar-refractivity contribution < 1.29 is 4.79 Å². The Hall–Kier alpha value is -0.870. The molecule has 1 amide bonds. The second-order valence-electron chi connectivity index (χ2n) is 7.27. The van der Waals surface area contributed by atoms with E-state index in [1.165, 1.54) is 24.1 Å². The number of amides is 1. The van der Waals surface area contributed by atoms with Crippen LogP contribution in [-0.4, -0.2) is 25.5 Å². The predicted molar refractivity (Wildman–Crippen MR) is 87.6 cm³/mol. The monoisotopic (exact) mass is 306 g/mol. The van der Waals surface area contributed by atoms with Gasteiger partial charge in [0.15, 0.2) is 0 Å².